The normalized spacial score (nSPS) is 16.6. The second kappa shape index (κ2) is 9.23. The van der Waals surface area contributed by atoms with Gasteiger partial charge in [-0.1, -0.05) is 6.07 Å². The predicted octanol–water partition coefficient (Wildman–Crippen LogP) is 2.93. The van der Waals surface area contributed by atoms with E-state index in [1.807, 2.05) is 0 Å². The number of piperazine rings is 1. The highest BCUT2D eigenvalue weighted by atomic mass is 32.1. The Morgan fingerprint density at radius 3 is 2.56 bits per heavy atom. The molecule has 2 heterocycles. The highest BCUT2D eigenvalue weighted by Gasteiger charge is 2.24. The maximum absolute atomic E-state index is 10.7. The SMILES string of the molecule is CN1CCN(C(CNC(=S)Nc2ccc([N+](=O)[O-])cc2)c2cccs2)CC1. The summed E-state index contributed by atoms with van der Waals surface area (Å²) < 4.78 is 0. The van der Waals surface area contributed by atoms with Gasteiger partial charge in [0.2, 0.25) is 0 Å². The number of rotatable bonds is 6. The Morgan fingerprint density at radius 2 is 1.96 bits per heavy atom. The molecule has 1 aromatic heterocycles. The molecule has 0 spiro atoms. The fraction of sp³-hybridized carbons (Fsp3) is 0.389. The van der Waals surface area contributed by atoms with Crippen molar-refractivity contribution in [3.8, 4) is 0 Å². The molecular weight excluding hydrogens is 382 g/mol. The highest BCUT2D eigenvalue weighted by molar-refractivity contribution is 7.80. The predicted molar refractivity (Wildman–Crippen MR) is 113 cm³/mol. The smallest absolute Gasteiger partial charge is 0.269 e. The summed E-state index contributed by atoms with van der Waals surface area (Å²) in [6, 6.07) is 10.8. The number of non-ortho nitro benzene ring substituents is 1. The van der Waals surface area contributed by atoms with E-state index in [4.69, 9.17) is 12.2 Å². The van der Waals surface area contributed by atoms with Gasteiger partial charge >= 0.3 is 0 Å². The summed E-state index contributed by atoms with van der Waals surface area (Å²) in [6.45, 7) is 4.90. The molecule has 1 aromatic carbocycles. The maximum Gasteiger partial charge on any atom is 0.269 e. The van der Waals surface area contributed by atoms with Crippen LogP contribution in [0.3, 0.4) is 0 Å². The molecular formula is C18H23N5O2S2. The molecule has 144 valence electrons. The molecule has 27 heavy (non-hydrogen) atoms. The first-order chi connectivity index (χ1) is 13.0. The molecule has 0 amide bonds. The number of thiocarbonyl (C=S) groups is 1. The Hall–Kier alpha value is -2.07. The van der Waals surface area contributed by atoms with Gasteiger partial charge in [0.25, 0.3) is 5.69 Å². The fourth-order valence-electron chi connectivity index (χ4n) is 3.06. The van der Waals surface area contributed by atoms with Crippen molar-refractivity contribution in [1.82, 2.24) is 15.1 Å². The molecule has 7 nitrogen and oxygen atoms in total. The van der Waals surface area contributed by atoms with Crippen molar-refractivity contribution >= 4 is 40.0 Å². The standard InChI is InChI=1S/C18H23N5O2S2/c1-21-8-10-22(11-9-21)16(17-3-2-12-27-17)13-19-18(26)20-14-4-6-15(7-5-14)23(24)25/h2-7,12,16H,8-11,13H2,1H3,(H2,19,20,26). The summed E-state index contributed by atoms with van der Waals surface area (Å²) in [5.41, 5.74) is 0.789. The van der Waals surface area contributed by atoms with Crippen LogP contribution in [-0.2, 0) is 0 Å². The Labute approximate surface area is 168 Å². The van der Waals surface area contributed by atoms with Crippen LogP contribution in [0.4, 0.5) is 11.4 Å². The first-order valence-electron chi connectivity index (χ1n) is 8.78. The highest BCUT2D eigenvalue weighted by Crippen LogP contribution is 2.25. The van der Waals surface area contributed by atoms with E-state index in [9.17, 15) is 10.1 Å². The second-order valence-electron chi connectivity index (χ2n) is 6.51. The average molecular weight is 406 g/mol. The number of thiophene rings is 1. The summed E-state index contributed by atoms with van der Waals surface area (Å²) >= 11 is 7.17. The number of anilines is 1. The van der Waals surface area contributed by atoms with Gasteiger partial charge in [0.1, 0.15) is 0 Å². The van der Waals surface area contributed by atoms with E-state index in [1.165, 1.54) is 17.0 Å². The fourth-order valence-corrected chi connectivity index (χ4v) is 4.12. The van der Waals surface area contributed by atoms with Crippen molar-refractivity contribution in [2.45, 2.75) is 6.04 Å². The molecule has 1 aliphatic heterocycles. The number of nitrogens with one attached hydrogen (secondary N) is 2. The quantitative estimate of drug-likeness (QED) is 0.435. The first-order valence-corrected chi connectivity index (χ1v) is 10.1. The molecule has 0 saturated carbocycles. The van der Waals surface area contributed by atoms with E-state index < -0.39 is 4.92 Å². The lowest BCUT2D eigenvalue weighted by Gasteiger charge is -2.37. The van der Waals surface area contributed by atoms with Crippen LogP contribution in [0.25, 0.3) is 0 Å². The molecule has 3 rings (SSSR count). The van der Waals surface area contributed by atoms with Crippen LogP contribution in [0.2, 0.25) is 0 Å². The van der Waals surface area contributed by atoms with Crippen LogP contribution in [0.1, 0.15) is 10.9 Å². The number of nitro benzene ring substituents is 1. The molecule has 1 saturated heterocycles. The zero-order valence-corrected chi connectivity index (χ0v) is 16.8. The number of nitrogens with zero attached hydrogens (tertiary/aromatic N) is 3. The third kappa shape index (κ3) is 5.46. The first kappa shape index (κ1) is 19.7. The Kier molecular flexibility index (Phi) is 6.73. The lowest BCUT2D eigenvalue weighted by Crippen LogP contribution is -2.48. The third-order valence-corrected chi connectivity index (χ3v) is 5.86. The van der Waals surface area contributed by atoms with Crippen LogP contribution in [-0.4, -0.2) is 59.6 Å². The van der Waals surface area contributed by atoms with Crippen LogP contribution in [0.15, 0.2) is 41.8 Å². The van der Waals surface area contributed by atoms with E-state index in [2.05, 4.69) is 45.0 Å². The topological polar surface area (TPSA) is 73.7 Å². The van der Waals surface area contributed by atoms with Gasteiger partial charge in [-0.15, -0.1) is 11.3 Å². The molecule has 1 aliphatic rings. The van der Waals surface area contributed by atoms with Gasteiger partial charge in [-0.25, -0.2) is 0 Å². The zero-order valence-electron chi connectivity index (χ0n) is 15.1. The van der Waals surface area contributed by atoms with Gasteiger partial charge in [0, 0.05) is 55.4 Å². The minimum atomic E-state index is -0.415. The molecule has 0 radical (unpaired) electrons. The van der Waals surface area contributed by atoms with Crippen LogP contribution in [0, 0.1) is 10.1 Å². The number of benzene rings is 1. The number of nitro groups is 1. The monoisotopic (exact) mass is 405 g/mol. The summed E-state index contributed by atoms with van der Waals surface area (Å²) in [6.07, 6.45) is 0. The Morgan fingerprint density at radius 1 is 1.26 bits per heavy atom. The van der Waals surface area contributed by atoms with Gasteiger partial charge in [-0.2, -0.15) is 0 Å². The van der Waals surface area contributed by atoms with Gasteiger partial charge in [-0.3, -0.25) is 15.0 Å². The van der Waals surface area contributed by atoms with Crippen LogP contribution >= 0.6 is 23.6 Å². The van der Waals surface area contributed by atoms with E-state index in [0.29, 0.717) is 11.7 Å². The Balaban J connectivity index is 1.58. The number of hydrogen-bond acceptors (Lipinski definition) is 6. The van der Waals surface area contributed by atoms with Gasteiger partial charge in [-0.05, 0) is 42.8 Å². The lowest BCUT2D eigenvalue weighted by molar-refractivity contribution is -0.384. The van der Waals surface area contributed by atoms with Crippen LogP contribution < -0.4 is 10.6 Å². The molecule has 2 N–H and O–H groups in total. The number of hydrogen-bond donors (Lipinski definition) is 2. The lowest BCUT2D eigenvalue weighted by atomic mass is 10.1. The Bertz CT molecular complexity index is 759. The summed E-state index contributed by atoms with van der Waals surface area (Å²) in [5.74, 6) is 0. The van der Waals surface area contributed by atoms with Gasteiger partial charge in [0.05, 0.1) is 11.0 Å². The second-order valence-corrected chi connectivity index (χ2v) is 7.90. The average Bonchev–Trinajstić information content (AvgIpc) is 3.18. The van der Waals surface area contributed by atoms with Crippen molar-refractivity contribution in [3.63, 3.8) is 0 Å². The van der Waals surface area contributed by atoms with E-state index >= 15 is 0 Å². The third-order valence-electron chi connectivity index (χ3n) is 4.64. The van der Waals surface area contributed by atoms with Crippen molar-refractivity contribution in [2.75, 3.05) is 45.1 Å². The summed E-state index contributed by atoms with van der Waals surface area (Å²) in [7, 11) is 2.15. The molecule has 1 fully saturated rings. The molecule has 9 heteroatoms. The van der Waals surface area contributed by atoms with E-state index in [1.54, 1.807) is 23.5 Å². The minimum Gasteiger partial charge on any atom is -0.360 e. The molecule has 1 atom stereocenters. The zero-order chi connectivity index (χ0) is 19.2. The maximum atomic E-state index is 10.7. The van der Waals surface area contributed by atoms with Crippen molar-refractivity contribution in [1.29, 1.82) is 0 Å². The summed E-state index contributed by atoms with van der Waals surface area (Å²) in [5, 5.41) is 19.7. The summed E-state index contributed by atoms with van der Waals surface area (Å²) in [4.78, 5) is 16.5. The van der Waals surface area contributed by atoms with Gasteiger partial charge < -0.3 is 15.5 Å². The molecule has 0 aliphatic carbocycles. The molecule has 0 bridgehead atoms. The van der Waals surface area contributed by atoms with Crippen molar-refractivity contribution < 1.29 is 4.92 Å². The van der Waals surface area contributed by atoms with E-state index in [0.717, 1.165) is 31.9 Å². The number of likely N-dealkylation sites (N-methyl/N-ethyl adjacent to an activating group) is 1. The minimum absolute atomic E-state index is 0.0623. The van der Waals surface area contributed by atoms with Gasteiger partial charge in [0.15, 0.2) is 5.11 Å². The largest absolute Gasteiger partial charge is 0.360 e. The van der Waals surface area contributed by atoms with E-state index in [-0.39, 0.29) is 11.7 Å². The van der Waals surface area contributed by atoms with Crippen LogP contribution in [0.5, 0.6) is 0 Å². The van der Waals surface area contributed by atoms with Crippen molar-refractivity contribution in [3.05, 3.63) is 56.8 Å². The molecule has 1 unspecified atom stereocenters. The molecule has 2 aromatic rings. The van der Waals surface area contributed by atoms with Crippen molar-refractivity contribution in [2.24, 2.45) is 0 Å².